The first-order valence-corrected chi connectivity index (χ1v) is 20.5. The zero-order valence-corrected chi connectivity index (χ0v) is 36.9. The zero-order chi connectivity index (χ0) is 44.7. The number of allylic oxidation sites excluding steroid dienone is 1. The number of carbonyl (C=O) groups is 7. The standard InChI is InChI=1S/C44H67N5O10/c1-13-26(5)37-40(53)46-31(10)44(57)59-38(27(6)14-2)29(8)34(50)21-20-28(7)43(56)58-35(22-25(3)4)39(52)45-30(9)41(54)49(12)33(23-32-18-16-15-17-19-32)42(55)48(11)24-36(51)47-37/h14-20,25-26,29-31,33-35,37-38,50H,13,21-24H2,1-12H3,(H,45,52)(H,46,53)(H,47,51)/b27-14+,28-20+/t26?,29-,30-,31-,33+,34-,35+,37?,38+/m0/s1. The van der Waals surface area contributed by atoms with E-state index in [-0.39, 0.29) is 36.7 Å². The van der Waals surface area contributed by atoms with Crippen LogP contribution in [0.4, 0.5) is 0 Å². The minimum absolute atomic E-state index is 0.0211. The van der Waals surface area contributed by atoms with Gasteiger partial charge in [0.2, 0.25) is 23.6 Å². The van der Waals surface area contributed by atoms with Gasteiger partial charge in [0.25, 0.3) is 5.91 Å². The number of hydrogen-bond donors (Lipinski definition) is 4. The van der Waals surface area contributed by atoms with Crippen molar-refractivity contribution >= 4 is 41.5 Å². The quantitative estimate of drug-likeness (QED) is 0.234. The molecule has 1 aliphatic heterocycles. The van der Waals surface area contributed by atoms with Crippen LogP contribution in [0, 0.1) is 17.8 Å². The van der Waals surface area contributed by atoms with Crippen LogP contribution in [0.5, 0.6) is 0 Å². The van der Waals surface area contributed by atoms with E-state index in [1.165, 1.54) is 50.7 Å². The summed E-state index contributed by atoms with van der Waals surface area (Å²) in [6.45, 7) is 16.5. The van der Waals surface area contributed by atoms with Crippen LogP contribution >= 0.6 is 0 Å². The molecule has 0 saturated carbocycles. The van der Waals surface area contributed by atoms with Gasteiger partial charge in [-0.05, 0) is 70.4 Å². The molecule has 0 aromatic heterocycles. The molecule has 59 heavy (non-hydrogen) atoms. The lowest BCUT2D eigenvalue weighted by Crippen LogP contribution is -2.57. The fourth-order valence-electron chi connectivity index (χ4n) is 6.55. The molecule has 2 unspecified atom stereocenters. The van der Waals surface area contributed by atoms with Gasteiger partial charge in [-0.25, -0.2) is 9.59 Å². The third kappa shape index (κ3) is 14.9. The number of cyclic esters (lactones) is 2. The summed E-state index contributed by atoms with van der Waals surface area (Å²) >= 11 is 0. The maximum Gasteiger partial charge on any atom is 0.334 e. The highest BCUT2D eigenvalue weighted by molar-refractivity contribution is 5.96. The summed E-state index contributed by atoms with van der Waals surface area (Å²) in [5.41, 5.74) is 1.51. The van der Waals surface area contributed by atoms with E-state index in [0.29, 0.717) is 12.0 Å². The second-order valence-electron chi connectivity index (χ2n) is 16.2. The van der Waals surface area contributed by atoms with Gasteiger partial charge in [-0.15, -0.1) is 0 Å². The maximum absolute atomic E-state index is 14.1. The number of rotatable bonds is 7. The molecule has 0 bridgehead atoms. The van der Waals surface area contributed by atoms with Crippen molar-refractivity contribution in [3.63, 3.8) is 0 Å². The van der Waals surface area contributed by atoms with Crippen molar-refractivity contribution in [3.05, 3.63) is 59.2 Å². The van der Waals surface area contributed by atoms with Crippen LogP contribution in [0.1, 0.15) is 94.1 Å². The van der Waals surface area contributed by atoms with Crippen molar-refractivity contribution in [1.82, 2.24) is 25.8 Å². The van der Waals surface area contributed by atoms with E-state index < -0.39 is 96.4 Å². The van der Waals surface area contributed by atoms with Crippen LogP contribution in [-0.2, 0) is 49.5 Å². The molecule has 1 aromatic rings. The monoisotopic (exact) mass is 825 g/mol. The lowest BCUT2D eigenvalue weighted by atomic mass is 9.90. The molecule has 0 saturated heterocycles. The third-order valence-corrected chi connectivity index (χ3v) is 10.8. The smallest absolute Gasteiger partial charge is 0.334 e. The Morgan fingerprint density at radius 1 is 0.898 bits per heavy atom. The summed E-state index contributed by atoms with van der Waals surface area (Å²) < 4.78 is 11.5. The van der Waals surface area contributed by atoms with Gasteiger partial charge in [0.1, 0.15) is 30.3 Å². The summed E-state index contributed by atoms with van der Waals surface area (Å²) in [6.07, 6.45) is 0.687. The van der Waals surface area contributed by atoms with Gasteiger partial charge in [-0.1, -0.05) is 83.5 Å². The predicted molar refractivity (Wildman–Crippen MR) is 223 cm³/mol. The number of likely N-dealkylation sites (N-methyl/N-ethyl adjacent to an activating group) is 2. The molecule has 1 heterocycles. The van der Waals surface area contributed by atoms with Crippen molar-refractivity contribution in [1.29, 1.82) is 0 Å². The highest BCUT2D eigenvalue weighted by atomic mass is 16.6. The Morgan fingerprint density at radius 2 is 1.51 bits per heavy atom. The van der Waals surface area contributed by atoms with E-state index in [2.05, 4.69) is 16.0 Å². The first kappa shape index (κ1) is 50.1. The van der Waals surface area contributed by atoms with E-state index in [1.54, 1.807) is 58.0 Å². The lowest BCUT2D eigenvalue weighted by molar-refractivity contribution is -0.155. The molecule has 4 N–H and O–H groups in total. The number of hydrogen-bond acceptors (Lipinski definition) is 10. The molecule has 0 radical (unpaired) electrons. The third-order valence-electron chi connectivity index (χ3n) is 10.8. The fourth-order valence-corrected chi connectivity index (χ4v) is 6.55. The first-order valence-electron chi connectivity index (χ1n) is 20.5. The molecule has 9 atom stereocenters. The van der Waals surface area contributed by atoms with E-state index in [9.17, 15) is 38.7 Å². The Kier molecular flexibility index (Phi) is 20.0. The Bertz CT molecular complexity index is 1700. The summed E-state index contributed by atoms with van der Waals surface area (Å²) in [6, 6.07) is 4.53. The number of nitrogens with one attached hydrogen (secondary N) is 3. The SMILES string of the molecule is C/C=C(\C)[C@H]1OC(=O)[C@H](C)NC(=O)C(C(C)CC)NC(=O)CN(C)C(=O)[C@@H](Cc2ccccc2)N(C)C(=O)[C@H](C)NC(=O)[C@@H](CC(C)C)OC(=O)/C(C)=C/C[C@H](O)[C@@H]1C. The van der Waals surface area contributed by atoms with Crippen molar-refractivity contribution in [2.24, 2.45) is 17.8 Å². The number of amides is 5. The summed E-state index contributed by atoms with van der Waals surface area (Å²) in [5, 5.41) is 19.3. The van der Waals surface area contributed by atoms with Crippen LogP contribution in [0.25, 0.3) is 0 Å². The van der Waals surface area contributed by atoms with Crippen LogP contribution < -0.4 is 16.0 Å². The lowest BCUT2D eigenvalue weighted by Gasteiger charge is -2.33. The molecule has 15 nitrogen and oxygen atoms in total. The summed E-state index contributed by atoms with van der Waals surface area (Å²) in [4.78, 5) is 98.0. The molecule has 1 aromatic carbocycles. The Hall–Kier alpha value is -5.05. The first-order chi connectivity index (χ1) is 27.6. The highest BCUT2D eigenvalue weighted by Gasteiger charge is 2.36. The van der Waals surface area contributed by atoms with E-state index in [1.807, 2.05) is 26.8 Å². The minimum Gasteiger partial charge on any atom is -0.456 e. The summed E-state index contributed by atoms with van der Waals surface area (Å²) in [5.74, 6) is -5.83. The van der Waals surface area contributed by atoms with Gasteiger partial charge < -0.3 is 40.3 Å². The Labute approximate surface area is 349 Å². The minimum atomic E-state index is -1.26. The summed E-state index contributed by atoms with van der Waals surface area (Å²) in [7, 11) is 2.85. The number of aliphatic hydroxyl groups excluding tert-OH is 1. The normalized spacial score (nSPS) is 28.8. The molecule has 1 aliphatic rings. The second kappa shape index (κ2) is 23.5. The predicted octanol–water partition coefficient (Wildman–Crippen LogP) is 3.24. The van der Waals surface area contributed by atoms with Gasteiger partial charge in [-0.3, -0.25) is 24.0 Å². The fraction of sp³-hybridized carbons (Fsp3) is 0.614. The molecule has 328 valence electrons. The Balaban J connectivity index is 2.62. The van der Waals surface area contributed by atoms with Gasteiger partial charge in [0.05, 0.1) is 12.6 Å². The van der Waals surface area contributed by atoms with Crippen molar-refractivity contribution in [2.75, 3.05) is 20.6 Å². The largest absolute Gasteiger partial charge is 0.456 e. The molecular formula is C44H67N5O10. The number of benzene rings is 1. The molecule has 5 amide bonds. The van der Waals surface area contributed by atoms with Gasteiger partial charge in [-0.2, -0.15) is 0 Å². The molecule has 15 heteroatoms. The van der Waals surface area contributed by atoms with Crippen molar-refractivity contribution in [2.45, 2.75) is 137 Å². The number of carbonyl (C=O) groups excluding carboxylic acids is 7. The van der Waals surface area contributed by atoms with Gasteiger partial charge in [0, 0.05) is 32.0 Å². The number of nitrogens with zero attached hydrogens (tertiary/aromatic N) is 2. The number of esters is 2. The zero-order valence-electron chi connectivity index (χ0n) is 36.9. The van der Waals surface area contributed by atoms with Crippen LogP contribution in [-0.4, -0.2) is 120 Å². The van der Waals surface area contributed by atoms with E-state index in [0.717, 1.165) is 5.56 Å². The van der Waals surface area contributed by atoms with E-state index >= 15 is 0 Å². The van der Waals surface area contributed by atoms with Crippen LogP contribution in [0.15, 0.2) is 53.6 Å². The van der Waals surface area contributed by atoms with Crippen LogP contribution in [0.2, 0.25) is 0 Å². The molecule has 0 spiro atoms. The van der Waals surface area contributed by atoms with Crippen molar-refractivity contribution < 1.29 is 48.1 Å². The Morgan fingerprint density at radius 3 is 2.08 bits per heavy atom. The van der Waals surface area contributed by atoms with Gasteiger partial charge >= 0.3 is 11.9 Å². The molecular weight excluding hydrogens is 759 g/mol. The topological polar surface area (TPSA) is 201 Å². The number of aliphatic hydroxyl groups is 1. The molecule has 0 fully saturated rings. The molecule has 0 aliphatic carbocycles. The maximum atomic E-state index is 14.1. The molecule has 2 rings (SSSR count). The van der Waals surface area contributed by atoms with Gasteiger partial charge in [0.15, 0.2) is 6.10 Å². The average molecular weight is 826 g/mol. The highest BCUT2D eigenvalue weighted by Crippen LogP contribution is 2.24. The average Bonchev–Trinajstić information content (AvgIpc) is 3.20. The number of ether oxygens (including phenoxy) is 2. The van der Waals surface area contributed by atoms with E-state index in [4.69, 9.17) is 9.47 Å². The van der Waals surface area contributed by atoms with Crippen molar-refractivity contribution in [3.8, 4) is 0 Å². The van der Waals surface area contributed by atoms with Crippen LogP contribution in [0.3, 0.4) is 0 Å². The second-order valence-corrected chi connectivity index (χ2v) is 16.2.